The molecule has 1 saturated heterocycles. The summed E-state index contributed by atoms with van der Waals surface area (Å²) in [6, 6.07) is 2.50. The quantitative estimate of drug-likeness (QED) is 0.245. The highest BCUT2D eigenvalue weighted by atomic mass is 16.6. The van der Waals surface area contributed by atoms with Gasteiger partial charge in [-0.15, -0.1) is 0 Å². The van der Waals surface area contributed by atoms with E-state index in [0.29, 0.717) is 50.9 Å². The number of ketones is 1. The Morgan fingerprint density at radius 1 is 1.02 bits per heavy atom. The van der Waals surface area contributed by atoms with Crippen molar-refractivity contribution in [1.29, 1.82) is 0 Å². The Labute approximate surface area is 305 Å². The average Bonchev–Trinajstić information content (AvgIpc) is 3.39. The Morgan fingerprint density at radius 2 is 1.71 bits per heavy atom. The van der Waals surface area contributed by atoms with Crippen molar-refractivity contribution in [2.75, 3.05) is 40.3 Å². The van der Waals surface area contributed by atoms with Crippen LogP contribution in [0.25, 0.3) is 0 Å². The minimum Gasteiger partial charge on any atom is -0.477 e. The molecule has 1 saturated carbocycles. The van der Waals surface area contributed by atoms with Crippen LogP contribution in [0.4, 0.5) is 14.4 Å². The molecule has 1 aromatic carbocycles. The molecule has 2 fully saturated rings. The van der Waals surface area contributed by atoms with Crippen LogP contribution >= 0.6 is 0 Å². The Morgan fingerprint density at radius 3 is 2.40 bits per heavy atom. The lowest BCUT2D eigenvalue weighted by Gasteiger charge is -2.62. The lowest BCUT2D eigenvalue weighted by molar-refractivity contribution is -0.185. The molecule has 4 amide bonds. The number of benzene rings is 1. The second-order valence-corrected chi connectivity index (χ2v) is 16.4. The summed E-state index contributed by atoms with van der Waals surface area (Å²) >= 11 is 0. The number of aliphatic hydroxyl groups is 1. The number of Topliss-reactive ketones (excluding diaryl/α,β-unsaturated/α-hetero) is 1. The van der Waals surface area contributed by atoms with Crippen molar-refractivity contribution in [2.24, 2.45) is 0 Å². The fourth-order valence-corrected chi connectivity index (χ4v) is 8.03. The van der Waals surface area contributed by atoms with Gasteiger partial charge in [-0.2, -0.15) is 0 Å². The van der Waals surface area contributed by atoms with E-state index in [2.05, 4.69) is 20.9 Å². The summed E-state index contributed by atoms with van der Waals surface area (Å²) in [4.78, 5) is 67.7. The lowest BCUT2D eigenvalue weighted by Crippen LogP contribution is -2.76. The summed E-state index contributed by atoms with van der Waals surface area (Å²) in [6.45, 7) is 11.7. The molecule has 1 spiro atoms. The fourth-order valence-electron chi connectivity index (χ4n) is 8.03. The highest BCUT2D eigenvalue weighted by Gasteiger charge is 2.72. The number of amides is 4. The van der Waals surface area contributed by atoms with Crippen molar-refractivity contribution in [1.82, 2.24) is 25.8 Å². The highest BCUT2D eigenvalue weighted by molar-refractivity contribution is 5.90. The Bertz CT molecular complexity index is 1570. The number of likely N-dealkylation sites (N-methyl/N-ethyl adjacent to an activating group) is 2. The molecular weight excluding hydrogens is 674 g/mol. The summed E-state index contributed by atoms with van der Waals surface area (Å²) in [5, 5.41) is 20.3. The van der Waals surface area contributed by atoms with Crippen molar-refractivity contribution in [3.8, 4) is 11.5 Å². The summed E-state index contributed by atoms with van der Waals surface area (Å²) < 4.78 is 22.7. The molecule has 0 aromatic heterocycles. The SMILES string of the molecule is CN(CCNC(=O)C(CCCCNC(=O)OC(C)(C)C)NC(=O)OC(C)(C)C)C(=O)Oc1ccc2c3c1OC1C(=O)CCC4(O)C(C2)N(C)CCC314. The van der Waals surface area contributed by atoms with Crippen molar-refractivity contribution < 1.29 is 48.0 Å². The maximum Gasteiger partial charge on any atom is 0.415 e. The lowest BCUT2D eigenvalue weighted by atomic mass is 9.49. The first kappa shape index (κ1) is 39.1. The van der Waals surface area contributed by atoms with Gasteiger partial charge in [-0.05, 0) is 105 Å². The van der Waals surface area contributed by atoms with E-state index < -0.39 is 58.6 Å². The van der Waals surface area contributed by atoms with E-state index in [4.69, 9.17) is 18.9 Å². The first-order valence-corrected chi connectivity index (χ1v) is 18.2. The standard InChI is InChI=1S/C37H55N5O10/c1-34(2,3)51-31(45)39-17-10-9-11-23(40-32(46)52-35(4,5)6)30(44)38-18-20-42(8)33(47)49-25-13-12-22-21-26-37(48)15-14-24(43)29-36(37,16-19-41(26)7)27(22)28(25)50-29/h12-13,23,26,29,48H,9-11,14-21H2,1-8H3,(H,38,44)(H,39,45)(H,40,46). The van der Waals surface area contributed by atoms with Crippen molar-refractivity contribution in [3.05, 3.63) is 23.3 Å². The number of ether oxygens (including phenoxy) is 4. The largest absolute Gasteiger partial charge is 0.477 e. The number of alkyl carbamates (subject to hydrolysis) is 2. The van der Waals surface area contributed by atoms with Gasteiger partial charge >= 0.3 is 18.3 Å². The fraction of sp³-hybridized carbons (Fsp3) is 0.703. The predicted molar refractivity (Wildman–Crippen MR) is 189 cm³/mol. The van der Waals surface area contributed by atoms with Gasteiger partial charge in [0, 0.05) is 44.7 Å². The molecule has 15 heteroatoms. The second-order valence-electron chi connectivity index (χ2n) is 16.4. The number of unbranched alkanes of at least 4 members (excludes halogenated alkanes) is 1. The number of likely N-dealkylation sites (tertiary alicyclic amines) is 1. The van der Waals surface area contributed by atoms with Crippen molar-refractivity contribution in [3.63, 3.8) is 0 Å². The monoisotopic (exact) mass is 729 g/mol. The molecule has 4 N–H and O–H groups in total. The number of carbonyl (C=O) groups is 5. The molecule has 2 aliphatic carbocycles. The number of carbonyl (C=O) groups excluding carboxylic acids is 5. The highest BCUT2D eigenvalue weighted by Crippen LogP contribution is 2.64. The Hall–Kier alpha value is -4.11. The van der Waals surface area contributed by atoms with Crippen LogP contribution in [0.5, 0.6) is 11.5 Å². The number of nitrogens with one attached hydrogen (secondary N) is 3. The summed E-state index contributed by atoms with van der Waals surface area (Å²) in [5.41, 5.74) is -1.65. The second kappa shape index (κ2) is 14.7. The third-order valence-corrected chi connectivity index (χ3v) is 10.4. The third kappa shape index (κ3) is 7.94. The topological polar surface area (TPSA) is 185 Å². The minimum absolute atomic E-state index is 0.0564. The first-order chi connectivity index (χ1) is 24.3. The zero-order chi connectivity index (χ0) is 38.2. The summed E-state index contributed by atoms with van der Waals surface area (Å²) in [6.07, 6.45) is 0.241. The van der Waals surface area contributed by atoms with E-state index in [0.717, 1.165) is 11.1 Å². The Balaban J connectivity index is 1.17. The minimum atomic E-state index is -1.14. The number of hydrogen-bond donors (Lipinski definition) is 4. The van der Waals surface area contributed by atoms with Crippen LogP contribution in [0, 0.1) is 0 Å². The van der Waals surface area contributed by atoms with E-state index >= 15 is 0 Å². The molecular formula is C37H55N5O10. The zero-order valence-corrected chi connectivity index (χ0v) is 31.7. The normalized spacial score (nSPS) is 25.2. The van der Waals surface area contributed by atoms with Gasteiger partial charge in [0.05, 0.1) is 11.0 Å². The molecule has 288 valence electrons. The van der Waals surface area contributed by atoms with Crippen LogP contribution in [0.2, 0.25) is 0 Å². The van der Waals surface area contributed by atoms with Crippen molar-refractivity contribution in [2.45, 2.75) is 127 Å². The smallest absolute Gasteiger partial charge is 0.415 e. The van der Waals surface area contributed by atoms with Gasteiger partial charge in [-0.25, -0.2) is 14.4 Å². The van der Waals surface area contributed by atoms with Crippen molar-refractivity contribution >= 4 is 30.0 Å². The predicted octanol–water partition coefficient (Wildman–Crippen LogP) is 3.17. The van der Waals surface area contributed by atoms with E-state index in [1.54, 1.807) is 47.6 Å². The van der Waals surface area contributed by atoms with Crippen LogP contribution in [0.15, 0.2) is 12.1 Å². The van der Waals surface area contributed by atoms with Crippen LogP contribution in [0.1, 0.15) is 91.2 Å². The number of hydrogen-bond acceptors (Lipinski definition) is 11. The van der Waals surface area contributed by atoms with Gasteiger partial charge in [-0.3, -0.25) is 9.59 Å². The number of piperidine rings is 1. The van der Waals surface area contributed by atoms with E-state index in [1.807, 2.05) is 13.1 Å². The molecule has 2 aliphatic heterocycles. The van der Waals surface area contributed by atoms with Crippen LogP contribution in [0.3, 0.4) is 0 Å². The third-order valence-electron chi connectivity index (χ3n) is 10.4. The average molecular weight is 730 g/mol. The first-order valence-electron chi connectivity index (χ1n) is 18.2. The molecule has 52 heavy (non-hydrogen) atoms. The van der Waals surface area contributed by atoms with Gasteiger partial charge in [0.2, 0.25) is 5.91 Å². The molecule has 15 nitrogen and oxygen atoms in total. The molecule has 2 bridgehead atoms. The Kier molecular flexibility index (Phi) is 11.1. The van der Waals surface area contributed by atoms with Gasteiger partial charge in [0.15, 0.2) is 23.4 Å². The maximum absolute atomic E-state index is 13.3. The maximum atomic E-state index is 13.3. The number of rotatable bonds is 11. The van der Waals surface area contributed by atoms with Crippen LogP contribution < -0.4 is 25.4 Å². The van der Waals surface area contributed by atoms with Crippen LogP contribution in [-0.4, -0.2) is 120 Å². The molecule has 0 radical (unpaired) electrons. The van der Waals surface area contributed by atoms with E-state index in [9.17, 15) is 29.1 Å². The molecule has 5 rings (SSSR count). The van der Waals surface area contributed by atoms with Gasteiger partial charge in [0.1, 0.15) is 17.2 Å². The molecule has 5 atom stereocenters. The van der Waals surface area contributed by atoms with Gasteiger partial charge in [-0.1, -0.05) is 6.07 Å². The molecule has 1 aromatic rings. The number of nitrogens with zero attached hydrogens (tertiary/aromatic N) is 2. The molecule has 4 aliphatic rings. The molecule has 2 heterocycles. The van der Waals surface area contributed by atoms with E-state index in [-0.39, 0.29) is 43.5 Å². The zero-order valence-electron chi connectivity index (χ0n) is 31.7. The van der Waals surface area contributed by atoms with Crippen LogP contribution in [-0.2, 0) is 30.9 Å². The molecule has 5 unspecified atom stereocenters. The van der Waals surface area contributed by atoms with Gasteiger partial charge in [0.25, 0.3) is 0 Å². The summed E-state index contributed by atoms with van der Waals surface area (Å²) in [5.74, 6) is 0.00355. The van der Waals surface area contributed by atoms with Gasteiger partial charge < -0.3 is 49.8 Å². The van der Waals surface area contributed by atoms with E-state index in [1.165, 1.54) is 11.9 Å². The summed E-state index contributed by atoms with van der Waals surface area (Å²) in [7, 11) is 3.53.